The Labute approximate surface area is 104 Å². The van der Waals surface area contributed by atoms with E-state index in [1.54, 1.807) is 6.07 Å². The van der Waals surface area contributed by atoms with Crippen LogP contribution in [0.4, 0.5) is 5.69 Å². The third kappa shape index (κ3) is 1.73. The van der Waals surface area contributed by atoms with E-state index in [0.717, 1.165) is 5.56 Å². The molecule has 2 rings (SSSR count). The van der Waals surface area contributed by atoms with Gasteiger partial charge in [0.05, 0.1) is 0 Å². The molecule has 0 spiro atoms. The summed E-state index contributed by atoms with van der Waals surface area (Å²) in [6.45, 7) is 1.94. The molecule has 0 radical (unpaired) electrons. The van der Waals surface area contributed by atoms with Gasteiger partial charge >= 0.3 is 0 Å². The Morgan fingerprint density at radius 1 is 1.47 bits per heavy atom. The predicted molar refractivity (Wildman–Crippen MR) is 65.4 cm³/mol. The van der Waals surface area contributed by atoms with E-state index in [1.807, 2.05) is 19.1 Å². The molecule has 1 aliphatic heterocycles. The topological polar surface area (TPSA) is 49.3 Å². The standard InChI is InChI=1S/C10H9Br2NO2/c1-5-2-3-7-6(4-5)8(14)10(11,12)9(15)13-7/h2-4,8,14H,1H3,(H,13,15). The molecule has 1 heterocycles. The molecule has 0 fully saturated rings. The molecule has 0 aliphatic carbocycles. The van der Waals surface area contributed by atoms with Gasteiger partial charge in [-0.2, -0.15) is 0 Å². The van der Waals surface area contributed by atoms with Crippen molar-refractivity contribution in [3.05, 3.63) is 29.3 Å². The zero-order valence-electron chi connectivity index (χ0n) is 7.92. The van der Waals surface area contributed by atoms with Crippen LogP contribution >= 0.6 is 31.9 Å². The first-order valence-corrected chi connectivity index (χ1v) is 5.99. The van der Waals surface area contributed by atoms with Crippen LogP contribution in [0.15, 0.2) is 18.2 Å². The summed E-state index contributed by atoms with van der Waals surface area (Å²) >= 11 is 6.34. The van der Waals surface area contributed by atoms with Crippen molar-refractivity contribution in [2.45, 2.75) is 16.3 Å². The van der Waals surface area contributed by atoms with Crippen LogP contribution in [0, 0.1) is 6.92 Å². The van der Waals surface area contributed by atoms with Crippen molar-refractivity contribution in [1.29, 1.82) is 0 Å². The first-order valence-electron chi connectivity index (χ1n) is 4.41. The minimum atomic E-state index is -1.14. The molecule has 5 heteroatoms. The highest BCUT2D eigenvalue weighted by atomic mass is 79.9. The Hall–Kier alpha value is -0.390. The number of benzene rings is 1. The molecular formula is C10H9Br2NO2. The smallest absolute Gasteiger partial charge is 0.255 e. The highest BCUT2D eigenvalue weighted by molar-refractivity contribution is 9.26. The van der Waals surface area contributed by atoms with E-state index < -0.39 is 9.34 Å². The van der Waals surface area contributed by atoms with Crippen LogP contribution in [0.25, 0.3) is 0 Å². The predicted octanol–water partition coefficient (Wildman–Crippen LogP) is 2.47. The Kier molecular flexibility index (Phi) is 2.65. The Morgan fingerprint density at radius 3 is 2.80 bits per heavy atom. The highest BCUT2D eigenvalue weighted by Gasteiger charge is 2.45. The number of carbonyl (C=O) groups excluding carboxylic acids is 1. The molecule has 1 unspecified atom stereocenters. The fourth-order valence-electron chi connectivity index (χ4n) is 1.55. The van der Waals surface area contributed by atoms with Gasteiger partial charge in [0.25, 0.3) is 5.91 Å². The highest BCUT2D eigenvalue weighted by Crippen LogP contribution is 2.46. The largest absolute Gasteiger partial charge is 0.385 e. The molecule has 0 bridgehead atoms. The minimum Gasteiger partial charge on any atom is -0.385 e. The van der Waals surface area contributed by atoms with E-state index in [2.05, 4.69) is 37.2 Å². The fourth-order valence-corrected chi connectivity index (χ4v) is 2.24. The number of nitrogens with one attached hydrogen (secondary N) is 1. The van der Waals surface area contributed by atoms with Crippen LogP contribution < -0.4 is 5.32 Å². The van der Waals surface area contributed by atoms with Gasteiger partial charge in [0.15, 0.2) is 3.23 Å². The number of aryl methyl sites for hydroxylation is 1. The van der Waals surface area contributed by atoms with Crippen LogP contribution in [-0.4, -0.2) is 14.2 Å². The van der Waals surface area contributed by atoms with Crippen LogP contribution in [0.2, 0.25) is 0 Å². The Balaban J connectivity index is 2.57. The Bertz CT molecular complexity index is 431. The van der Waals surface area contributed by atoms with Crippen LogP contribution in [0.5, 0.6) is 0 Å². The number of aliphatic hydroxyl groups is 1. The monoisotopic (exact) mass is 333 g/mol. The van der Waals surface area contributed by atoms with E-state index in [-0.39, 0.29) is 5.91 Å². The maximum atomic E-state index is 11.6. The average molecular weight is 335 g/mol. The summed E-state index contributed by atoms with van der Waals surface area (Å²) in [6, 6.07) is 5.54. The first kappa shape index (κ1) is 11.1. The molecule has 1 aromatic carbocycles. The summed E-state index contributed by atoms with van der Waals surface area (Å²) in [5, 5.41) is 12.7. The lowest BCUT2D eigenvalue weighted by molar-refractivity contribution is -0.118. The van der Waals surface area contributed by atoms with Crippen molar-refractivity contribution in [3.63, 3.8) is 0 Å². The number of halogens is 2. The van der Waals surface area contributed by atoms with Crippen molar-refractivity contribution in [3.8, 4) is 0 Å². The molecule has 1 aliphatic rings. The number of rotatable bonds is 0. The third-order valence-corrected chi connectivity index (χ3v) is 3.98. The third-order valence-electron chi connectivity index (χ3n) is 2.40. The molecule has 0 saturated heterocycles. The van der Waals surface area contributed by atoms with E-state index in [0.29, 0.717) is 11.3 Å². The molecule has 15 heavy (non-hydrogen) atoms. The van der Waals surface area contributed by atoms with Gasteiger partial charge in [-0.15, -0.1) is 0 Å². The lowest BCUT2D eigenvalue weighted by Gasteiger charge is -2.32. The molecular weight excluding hydrogens is 326 g/mol. The summed E-state index contributed by atoms with van der Waals surface area (Å²) < 4.78 is -1.14. The quantitative estimate of drug-likeness (QED) is 0.716. The van der Waals surface area contributed by atoms with Crippen LogP contribution in [-0.2, 0) is 4.79 Å². The number of hydrogen-bond acceptors (Lipinski definition) is 2. The molecule has 3 nitrogen and oxygen atoms in total. The molecule has 1 aromatic rings. The number of alkyl halides is 2. The van der Waals surface area contributed by atoms with Gasteiger partial charge < -0.3 is 10.4 Å². The van der Waals surface area contributed by atoms with Gasteiger partial charge in [0.2, 0.25) is 0 Å². The number of carbonyl (C=O) groups is 1. The van der Waals surface area contributed by atoms with Crippen molar-refractivity contribution in [1.82, 2.24) is 0 Å². The van der Waals surface area contributed by atoms with Gasteiger partial charge in [0.1, 0.15) is 6.10 Å². The van der Waals surface area contributed by atoms with Gasteiger partial charge in [-0.25, -0.2) is 0 Å². The molecule has 0 saturated carbocycles. The second kappa shape index (κ2) is 3.57. The summed E-state index contributed by atoms with van der Waals surface area (Å²) in [7, 11) is 0. The van der Waals surface area contributed by atoms with E-state index >= 15 is 0 Å². The molecule has 1 atom stereocenters. The maximum Gasteiger partial charge on any atom is 0.255 e. The average Bonchev–Trinajstić information content (AvgIpc) is 2.17. The SMILES string of the molecule is Cc1ccc2c(c1)C(O)C(Br)(Br)C(=O)N2. The van der Waals surface area contributed by atoms with Crippen LogP contribution in [0.1, 0.15) is 17.2 Å². The molecule has 80 valence electrons. The lowest BCUT2D eigenvalue weighted by atomic mass is 9.98. The zero-order valence-corrected chi connectivity index (χ0v) is 11.1. The molecule has 2 N–H and O–H groups in total. The maximum absolute atomic E-state index is 11.6. The number of amides is 1. The van der Waals surface area contributed by atoms with Gasteiger partial charge in [-0.1, -0.05) is 49.6 Å². The summed E-state index contributed by atoms with van der Waals surface area (Å²) in [5.41, 5.74) is 2.41. The summed E-state index contributed by atoms with van der Waals surface area (Å²) in [5.74, 6) is -0.300. The second-order valence-electron chi connectivity index (χ2n) is 3.57. The van der Waals surface area contributed by atoms with Gasteiger partial charge in [-0.05, 0) is 13.0 Å². The molecule has 1 amide bonds. The van der Waals surface area contributed by atoms with Crippen molar-refractivity contribution < 1.29 is 9.90 Å². The summed E-state index contributed by atoms with van der Waals surface area (Å²) in [6.07, 6.45) is -0.902. The van der Waals surface area contributed by atoms with Crippen molar-refractivity contribution >= 4 is 43.5 Å². The number of aliphatic hydroxyl groups excluding tert-OH is 1. The zero-order chi connectivity index (χ0) is 11.2. The summed E-state index contributed by atoms with van der Waals surface area (Å²) in [4.78, 5) is 11.6. The second-order valence-corrected chi connectivity index (χ2v) is 7.14. The van der Waals surface area contributed by atoms with Crippen LogP contribution in [0.3, 0.4) is 0 Å². The number of anilines is 1. The van der Waals surface area contributed by atoms with Crippen molar-refractivity contribution in [2.75, 3.05) is 5.32 Å². The Morgan fingerprint density at radius 2 is 2.13 bits per heavy atom. The first-order chi connectivity index (χ1) is 6.93. The van der Waals surface area contributed by atoms with Crippen molar-refractivity contribution in [2.24, 2.45) is 0 Å². The van der Waals surface area contributed by atoms with E-state index in [1.165, 1.54) is 0 Å². The lowest BCUT2D eigenvalue weighted by Crippen LogP contribution is -2.41. The van der Waals surface area contributed by atoms with Gasteiger partial charge in [0, 0.05) is 11.3 Å². The minimum absolute atomic E-state index is 0.300. The normalized spacial score (nSPS) is 23.2. The molecule has 0 aromatic heterocycles. The fraction of sp³-hybridized carbons (Fsp3) is 0.300. The van der Waals surface area contributed by atoms with E-state index in [4.69, 9.17) is 0 Å². The van der Waals surface area contributed by atoms with Gasteiger partial charge in [-0.3, -0.25) is 4.79 Å². The number of hydrogen-bond donors (Lipinski definition) is 2. The van der Waals surface area contributed by atoms with E-state index in [9.17, 15) is 9.90 Å². The number of fused-ring (bicyclic) bond motifs is 1.